The number of aliphatic hydroxyl groups is 9. The molecule has 4 aliphatic rings. The maximum absolute atomic E-state index is 12.8. The molecular formula is C28H54N6O16. The molecule has 50 heavy (non-hydrogen) atoms. The highest BCUT2D eigenvalue weighted by atomic mass is 16.8. The number of carbonyl (C=O) groups excluding carboxylic acids is 1. The Morgan fingerprint density at radius 2 is 1.14 bits per heavy atom. The molecule has 4 fully saturated rings. The van der Waals surface area contributed by atoms with E-state index in [1.54, 1.807) is 0 Å². The van der Waals surface area contributed by atoms with Crippen molar-refractivity contribution in [2.45, 2.75) is 135 Å². The van der Waals surface area contributed by atoms with E-state index in [0.29, 0.717) is 0 Å². The number of hydrogen-bond acceptors (Lipinski definition) is 22. The summed E-state index contributed by atoms with van der Waals surface area (Å²) < 4.78 is 35.0. The highest BCUT2D eigenvalue weighted by molar-refractivity contribution is 5.83. The van der Waals surface area contributed by atoms with Crippen LogP contribution in [0.15, 0.2) is 0 Å². The van der Waals surface area contributed by atoms with E-state index in [-0.39, 0.29) is 19.5 Å². The molecule has 0 aromatic rings. The summed E-state index contributed by atoms with van der Waals surface area (Å²) in [5.41, 5.74) is 35.3. The lowest BCUT2D eigenvalue weighted by Crippen LogP contribution is -2.67. The molecule has 3 aliphatic heterocycles. The monoisotopic (exact) mass is 730 g/mol. The van der Waals surface area contributed by atoms with Gasteiger partial charge in [0.1, 0.15) is 73.2 Å². The lowest BCUT2D eigenvalue weighted by molar-refractivity contribution is -0.309. The Kier molecular flexibility index (Phi) is 14.8. The third-order valence-electron chi connectivity index (χ3n) is 9.85. The van der Waals surface area contributed by atoms with Gasteiger partial charge in [-0.15, -0.1) is 0 Å². The second kappa shape index (κ2) is 17.8. The molecule has 292 valence electrons. The van der Waals surface area contributed by atoms with Crippen molar-refractivity contribution < 1.29 is 79.2 Å². The summed E-state index contributed by atoms with van der Waals surface area (Å²) in [5, 5.41) is 94.5. The van der Waals surface area contributed by atoms with E-state index in [1.807, 2.05) is 0 Å². The number of ketones is 1. The molecule has 0 spiro atoms. The first-order valence-electron chi connectivity index (χ1n) is 16.5. The molecule has 21 N–H and O–H groups in total. The van der Waals surface area contributed by atoms with E-state index in [9.17, 15) is 50.8 Å². The highest BCUT2D eigenvalue weighted by Crippen LogP contribution is 2.37. The highest BCUT2D eigenvalue weighted by Gasteiger charge is 2.55. The fourth-order valence-corrected chi connectivity index (χ4v) is 6.73. The molecule has 22 heteroatoms. The van der Waals surface area contributed by atoms with Crippen LogP contribution in [0.1, 0.15) is 12.8 Å². The molecule has 0 aromatic heterocycles. The molecule has 1 aliphatic carbocycles. The topological polar surface area (TPSA) is 411 Å². The van der Waals surface area contributed by atoms with Gasteiger partial charge in [-0.05, 0) is 12.3 Å². The maximum Gasteiger partial charge on any atom is 0.187 e. The van der Waals surface area contributed by atoms with Crippen LogP contribution in [-0.4, -0.2) is 200 Å². The fraction of sp³-hybridized carbons (Fsp3) is 0.964. The van der Waals surface area contributed by atoms with Crippen LogP contribution in [0.25, 0.3) is 0 Å². The predicted molar refractivity (Wildman–Crippen MR) is 165 cm³/mol. The van der Waals surface area contributed by atoms with Crippen molar-refractivity contribution in [3.8, 4) is 0 Å². The smallest absolute Gasteiger partial charge is 0.187 e. The minimum Gasteiger partial charge on any atom is -0.394 e. The summed E-state index contributed by atoms with van der Waals surface area (Å²) in [4.78, 5) is 12.8. The molecule has 0 bridgehead atoms. The zero-order valence-electron chi connectivity index (χ0n) is 27.2. The Labute approximate surface area is 287 Å². The largest absolute Gasteiger partial charge is 0.394 e. The fourth-order valence-electron chi connectivity index (χ4n) is 6.73. The minimum absolute atomic E-state index is 0.108. The van der Waals surface area contributed by atoms with Crippen molar-refractivity contribution in [3.63, 3.8) is 0 Å². The molecule has 0 unspecified atom stereocenters. The van der Waals surface area contributed by atoms with Crippen LogP contribution < -0.4 is 34.4 Å². The third kappa shape index (κ3) is 8.62. The van der Waals surface area contributed by atoms with Crippen molar-refractivity contribution in [2.24, 2.45) is 40.3 Å². The molecule has 22 nitrogen and oxygen atoms in total. The summed E-state index contributed by atoms with van der Waals surface area (Å²) in [6, 6.07) is -3.71. The van der Waals surface area contributed by atoms with Gasteiger partial charge in [-0.3, -0.25) is 4.79 Å². The first kappa shape index (κ1) is 41.6. The quantitative estimate of drug-likeness (QED) is 0.0788. The van der Waals surface area contributed by atoms with Gasteiger partial charge in [-0.25, -0.2) is 0 Å². The molecule has 3 saturated heterocycles. The summed E-state index contributed by atoms with van der Waals surface area (Å²) >= 11 is 0. The Balaban J connectivity index is 1.58. The molecule has 0 aromatic carbocycles. The van der Waals surface area contributed by atoms with Crippen LogP contribution in [0.4, 0.5) is 0 Å². The first-order valence-corrected chi connectivity index (χ1v) is 16.5. The number of hydrogen-bond donors (Lipinski definition) is 15. The van der Waals surface area contributed by atoms with E-state index in [0.717, 1.165) is 0 Å². The van der Waals surface area contributed by atoms with Gasteiger partial charge in [0.15, 0.2) is 24.7 Å². The van der Waals surface area contributed by atoms with Crippen molar-refractivity contribution in [1.29, 1.82) is 0 Å². The Hall–Kier alpha value is -1.17. The third-order valence-corrected chi connectivity index (χ3v) is 9.85. The van der Waals surface area contributed by atoms with Gasteiger partial charge in [0.2, 0.25) is 0 Å². The summed E-state index contributed by atoms with van der Waals surface area (Å²) in [6.45, 7) is -1.59. The zero-order chi connectivity index (χ0) is 37.2. The molecule has 0 radical (unpaired) electrons. The maximum atomic E-state index is 12.8. The number of aliphatic hydroxyl groups excluding tert-OH is 9. The second-order valence-corrected chi connectivity index (χ2v) is 13.3. The molecular weight excluding hydrogens is 676 g/mol. The van der Waals surface area contributed by atoms with Gasteiger partial charge < -0.3 is 109 Å². The van der Waals surface area contributed by atoms with E-state index >= 15 is 0 Å². The van der Waals surface area contributed by atoms with Crippen LogP contribution >= 0.6 is 0 Å². The van der Waals surface area contributed by atoms with Crippen molar-refractivity contribution >= 4 is 5.78 Å². The van der Waals surface area contributed by atoms with Crippen LogP contribution in [0.3, 0.4) is 0 Å². The van der Waals surface area contributed by atoms with Crippen molar-refractivity contribution in [3.05, 3.63) is 0 Å². The van der Waals surface area contributed by atoms with Crippen LogP contribution in [0, 0.1) is 5.92 Å². The van der Waals surface area contributed by atoms with Gasteiger partial charge in [-0.2, -0.15) is 0 Å². The van der Waals surface area contributed by atoms with E-state index in [1.165, 1.54) is 0 Å². The average Bonchev–Trinajstić information content (AvgIpc) is 3.40. The Morgan fingerprint density at radius 1 is 0.660 bits per heavy atom. The van der Waals surface area contributed by atoms with Gasteiger partial charge in [-0.1, -0.05) is 0 Å². The number of nitrogens with two attached hydrogens (primary N) is 6. The Morgan fingerprint density at radius 3 is 1.62 bits per heavy atom. The minimum atomic E-state index is -1.86. The summed E-state index contributed by atoms with van der Waals surface area (Å²) in [6.07, 6.45) is -25.7. The normalized spacial score (nSPS) is 48.3. The molecule has 1 saturated carbocycles. The molecule has 21 atom stereocenters. The van der Waals surface area contributed by atoms with Crippen molar-refractivity contribution in [2.75, 3.05) is 26.2 Å². The van der Waals surface area contributed by atoms with Crippen LogP contribution in [0.2, 0.25) is 0 Å². The number of carbonyl (C=O) groups is 1. The zero-order valence-corrected chi connectivity index (χ0v) is 27.2. The van der Waals surface area contributed by atoms with Gasteiger partial charge in [0.25, 0.3) is 0 Å². The van der Waals surface area contributed by atoms with Crippen LogP contribution in [0.5, 0.6) is 0 Å². The lowest BCUT2D eigenvalue weighted by atomic mass is 9.76. The number of Topliss-reactive ketones (excluding diaryl/α,β-unsaturated/α-hetero) is 1. The average molecular weight is 731 g/mol. The molecule has 0 amide bonds. The van der Waals surface area contributed by atoms with E-state index < -0.39 is 154 Å². The number of ether oxygens (including phenoxy) is 6. The van der Waals surface area contributed by atoms with Crippen LogP contribution in [-0.2, 0) is 33.2 Å². The molecule has 4 rings (SSSR count). The lowest BCUT2D eigenvalue weighted by Gasteiger charge is -2.48. The predicted octanol–water partition coefficient (Wildman–Crippen LogP) is -9.97. The van der Waals surface area contributed by atoms with Crippen molar-refractivity contribution in [1.82, 2.24) is 0 Å². The first-order chi connectivity index (χ1) is 23.6. The van der Waals surface area contributed by atoms with Gasteiger partial charge >= 0.3 is 0 Å². The summed E-state index contributed by atoms with van der Waals surface area (Å²) in [5.74, 6) is -1.86. The standard InChI is InChI=1S/C28H54N6O16/c29-3-10(37)17(39)9(36)2-7-1-8(32)23(48-26-14(33)20(42)18(40)11(4-30)45-26)25(16(7)38)50-28-22(44)24(13(6-35)47-28)49-27-15(34)21(43)19(41)12(5-31)46-27/h7-8,10-28,35,37-44H,1-6,29-34H2/t7-,8-,10+,11+,12-,13+,14+,15+,16-,17+,18+,19+,20-,21+,22+,23+,24+,25+,26+,27+,28-/m0/s1. The van der Waals surface area contributed by atoms with E-state index in [2.05, 4.69) is 0 Å². The summed E-state index contributed by atoms with van der Waals surface area (Å²) in [7, 11) is 0. The Bertz CT molecular complexity index is 1090. The van der Waals surface area contributed by atoms with E-state index in [4.69, 9.17) is 62.8 Å². The SMILES string of the molecule is NC[C@@H](O)[C@H](O)C(=O)C[C@@H]1C[C@H](N)[C@@H](O[C@H]2O[C@H](CN)[C@@H](O)[C@@H](O)[C@H]2N)[C@H](O[C@@H]2O[C@H](CO)[C@@H](O[C@H]3O[C@@H](CN)[C@@H](O)[C@H](O)[C@H]3N)[C@H]2O)[C@H]1O. The molecule has 3 heterocycles. The second-order valence-electron chi connectivity index (χ2n) is 13.3. The van der Waals surface area contributed by atoms with Gasteiger partial charge in [0, 0.05) is 32.1 Å². The number of rotatable bonds is 14. The van der Waals surface area contributed by atoms with Gasteiger partial charge in [0.05, 0.1) is 30.9 Å².